The summed E-state index contributed by atoms with van der Waals surface area (Å²) in [6.07, 6.45) is 7.49. The van der Waals surface area contributed by atoms with Crippen molar-refractivity contribution in [3.05, 3.63) is 0 Å². The van der Waals surface area contributed by atoms with Gasteiger partial charge in [0, 0.05) is 6.54 Å². The normalized spacial score (nSPS) is 18.6. The van der Waals surface area contributed by atoms with Gasteiger partial charge >= 0.3 is 5.97 Å². The van der Waals surface area contributed by atoms with E-state index >= 15 is 0 Å². The summed E-state index contributed by atoms with van der Waals surface area (Å²) in [6, 6.07) is 0. The van der Waals surface area contributed by atoms with Crippen LogP contribution in [0, 0.1) is 5.92 Å². The highest BCUT2D eigenvalue weighted by Gasteiger charge is 2.14. The fourth-order valence-corrected chi connectivity index (χ4v) is 2.54. The molecule has 0 radical (unpaired) electrons. The molecule has 2 N–H and O–H groups in total. The van der Waals surface area contributed by atoms with E-state index < -0.39 is 6.10 Å². The molecule has 4 heteroatoms. The first-order chi connectivity index (χ1) is 8.72. The molecule has 0 aromatic rings. The van der Waals surface area contributed by atoms with Crippen LogP contribution in [0.4, 0.5) is 0 Å². The number of ether oxygens (including phenoxy) is 1. The molecule has 0 amide bonds. The average Bonchev–Trinajstić information content (AvgIpc) is 2.36. The van der Waals surface area contributed by atoms with Gasteiger partial charge in [0.25, 0.3) is 0 Å². The van der Waals surface area contributed by atoms with Gasteiger partial charge in [-0.25, -0.2) is 0 Å². The molecule has 1 aliphatic rings. The van der Waals surface area contributed by atoms with Crippen molar-refractivity contribution >= 4 is 5.97 Å². The summed E-state index contributed by atoms with van der Waals surface area (Å²) in [5.74, 6) is 0.535. The summed E-state index contributed by atoms with van der Waals surface area (Å²) in [6.45, 7) is 3.56. The lowest BCUT2D eigenvalue weighted by Gasteiger charge is -2.21. The fourth-order valence-electron chi connectivity index (χ4n) is 2.54. The van der Waals surface area contributed by atoms with Crippen molar-refractivity contribution in [2.75, 3.05) is 19.7 Å². The Balaban J connectivity index is 1.97. The Labute approximate surface area is 110 Å². The van der Waals surface area contributed by atoms with Crippen LogP contribution in [0.1, 0.15) is 51.9 Å². The van der Waals surface area contributed by atoms with Crippen LogP contribution < -0.4 is 5.32 Å². The molecule has 4 nitrogen and oxygen atoms in total. The Hall–Kier alpha value is -0.610. The number of rotatable bonds is 8. The van der Waals surface area contributed by atoms with Crippen molar-refractivity contribution < 1.29 is 14.6 Å². The van der Waals surface area contributed by atoms with Gasteiger partial charge in [0.2, 0.25) is 0 Å². The van der Waals surface area contributed by atoms with Gasteiger partial charge in [0.1, 0.15) is 0 Å². The van der Waals surface area contributed by atoms with Crippen molar-refractivity contribution in [2.24, 2.45) is 5.92 Å². The third kappa shape index (κ3) is 6.97. The number of esters is 1. The molecule has 1 fully saturated rings. The lowest BCUT2D eigenvalue weighted by Crippen LogP contribution is -2.30. The predicted octanol–water partition coefficient (Wildman–Crippen LogP) is 1.86. The van der Waals surface area contributed by atoms with Crippen LogP contribution in [0.25, 0.3) is 0 Å². The number of nitrogens with one attached hydrogen (secondary N) is 1. The molecular formula is C14H27NO3. The van der Waals surface area contributed by atoms with Crippen LogP contribution in [0.2, 0.25) is 0 Å². The molecule has 0 saturated heterocycles. The number of aliphatic hydroxyl groups is 1. The first-order valence-electron chi connectivity index (χ1n) is 7.26. The zero-order chi connectivity index (χ0) is 13.2. The van der Waals surface area contributed by atoms with Crippen LogP contribution in [0.15, 0.2) is 0 Å². The highest BCUT2D eigenvalue weighted by molar-refractivity contribution is 5.69. The van der Waals surface area contributed by atoms with Gasteiger partial charge < -0.3 is 15.2 Å². The van der Waals surface area contributed by atoms with Gasteiger partial charge in [-0.2, -0.15) is 0 Å². The van der Waals surface area contributed by atoms with Crippen molar-refractivity contribution in [3.63, 3.8) is 0 Å². The monoisotopic (exact) mass is 257 g/mol. The molecule has 18 heavy (non-hydrogen) atoms. The van der Waals surface area contributed by atoms with E-state index in [-0.39, 0.29) is 12.4 Å². The number of aliphatic hydroxyl groups excluding tert-OH is 1. The van der Waals surface area contributed by atoms with Crippen LogP contribution in [-0.2, 0) is 9.53 Å². The minimum absolute atomic E-state index is 0.0876. The Kier molecular flexibility index (Phi) is 8.01. The van der Waals surface area contributed by atoms with Gasteiger partial charge in [-0.3, -0.25) is 4.79 Å². The minimum atomic E-state index is -0.629. The van der Waals surface area contributed by atoms with Crippen molar-refractivity contribution in [3.8, 4) is 0 Å². The second-order valence-electron chi connectivity index (χ2n) is 5.16. The second kappa shape index (κ2) is 9.34. The number of carbonyl (C=O) groups excluding carboxylic acids is 1. The summed E-state index contributed by atoms with van der Waals surface area (Å²) in [7, 11) is 0. The lowest BCUT2D eigenvalue weighted by atomic mass is 9.87. The quantitative estimate of drug-likeness (QED) is 0.515. The zero-order valence-electron chi connectivity index (χ0n) is 11.5. The van der Waals surface area contributed by atoms with Gasteiger partial charge in [-0.1, -0.05) is 32.1 Å². The van der Waals surface area contributed by atoms with E-state index in [1.54, 1.807) is 6.92 Å². The van der Waals surface area contributed by atoms with Gasteiger partial charge in [0.15, 0.2) is 0 Å². The van der Waals surface area contributed by atoms with E-state index in [4.69, 9.17) is 4.74 Å². The first-order valence-corrected chi connectivity index (χ1v) is 7.26. The van der Waals surface area contributed by atoms with E-state index in [1.165, 1.54) is 38.5 Å². The molecule has 1 saturated carbocycles. The molecule has 1 unspecified atom stereocenters. The number of hydrogen-bond donors (Lipinski definition) is 2. The standard InChI is InChI=1S/C14H27NO3/c1-2-18-14(17)10-13(16)11-15-9-8-12-6-4-3-5-7-12/h12-13,15-16H,2-11H2,1H3. The second-order valence-corrected chi connectivity index (χ2v) is 5.16. The molecule has 0 aliphatic heterocycles. The molecule has 1 aliphatic carbocycles. The van der Waals surface area contributed by atoms with Crippen LogP contribution in [0.5, 0.6) is 0 Å². The Morgan fingerprint density at radius 3 is 2.78 bits per heavy atom. The maximum Gasteiger partial charge on any atom is 0.308 e. The van der Waals surface area contributed by atoms with Crippen LogP contribution >= 0.6 is 0 Å². The van der Waals surface area contributed by atoms with Crippen molar-refractivity contribution in [1.29, 1.82) is 0 Å². The van der Waals surface area contributed by atoms with Gasteiger partial charge in [-0.15, -0.1) is 0 Å². The van der Waals surface area contributed by atoms with E-state index in [9.17, 15) is 9.90 Å². The largest absolute Gasteiger partial charge is 0.466 e. The SMILES string of the molecule is CCOC(=O)CC(O)CNCCC1CCCCC1. The summed E-state index contributed by atoms with van der Waals surface area (Å²) in [5, 5.41) is 12.8. The molecule has 0 bridgehead atoms. The molecule has 1 atom stereocenters. The summed E-state index contributed by atoms with van der Waals surface area (Å²) in [4.78, 5) is 11.1. The third-order valence-corrected chi connectivity index (χ3v) is 3.54. The summed E-state index contributed by atoms with van der Waals surface area (Å²) < 4.78 is 4.79. The molecule has 106 valence electrons. The first kappa shape index (κ1) is 15.4. The minimum Gasteiger partial charge on any atom is -0.466 e. The Morgan fingerprint density at radius 1 is 1.39 bits per heavy atom. The van der Waals surface area contributed by atoms with E-state index in [0.717, 1.165) is 12.5 Å². The molecular weight excluding hydrogens is 230 g/mol. The lowest BCUT2D eigenvalue weighted by molar-refractivity contribution is -0.145. The van der Waals surface area contributed by atoms with Gasteiger partial charge in [-0.05, 0) is 25.8 Å². The maximum atomic E-state index is 11.1. The topological polar surface area (TPSA) is 58.6 Å². The average molecular weight is 257 g/mol. The Bertz CT molecular complexity index is 227. The molecule has 0 heterocycles. The van der Waals surface area contributed by atoms with E-state index in [0.29, 0.717) is 13.2 Å². The highest BCUT2D eigenvalue weighted by atomic mass is 16.5. The van der Waals surface area contributed by atoms with E-state index in [2.05, 4.69) is 5.32 Å². The third-order valence-electron chi connectivity index (χ3n) is 3.54. The van der Waals surface area contributed by atoms with E-state index in [1.807, 2.05) is 0 Å². The Morgan fingerprint density at radius 2 is 2.11 bits per heavy atom. The predicted molar refractivity (Wildman–Crippen MR) is 71.3 cm³/mol. The summed E-state index contributed by atoms with van der Waals surface area (Å²) >= 11 is 0. The summed E-state index contributed by atoms with van der Waals surface area (Å²) in [5.41, 5.74) is 0. The van der Waals surface area contributed by atoms with Gasteiger partial charge in [0.05, 0.1) is 19.1 Å². The molecule has 0 spiro atoms. The van der Waals surface area contributed by atoms with Crippen LogP contribution in [0.3, 0.4) is 0 Å². The maximum absolute atomic E-state index is 11.1. The van der Waals surface area contributed by atoms with Crippen LogP contribution in [-0.4, -0.2) is 36.9 Å². The smallest absolute Gasteiger partial charge is 0.308 e. The van der Waals surface area contributed by atoms with Crippen molar-refractivity contribution in [2.45, 2.75) is 58.0 Å². The zero-order valence-corrected chi connectivity index (χ0v) is 11.5. The highest BCUT2D eigenvalue weighted by Crippen LogP contribution is 2.25. The number of carbonyl (C=O) groups is 1. The molecule has 0 aromatic carbocycles. The van der Waals surface area contributed by atoms with Crippen molar-refractivity contribution in [1.82, 2.24) is 5.32 Å². The fraction of sp³-hybridized carbons (Fsp3) is 0.929. The molecule has 0 aromatic heterocycles. The molecule has 1 rings (SSSR count). The number of hydrogen-bond acceptors (Lipinski definition) is 4.